The summed E-state index contributed by atoms with van der Waals surface area (Å²) in [5.74, 6) is 2.00. The molecule has 2 atom stereocenters. The topological polar surface area (TPSA) is 64.8 Å². The molecule has 0 saturated carbocycles. The Labute approximate surface area is 118 Å². The molecule has 2 aliphatic heterocycles. The van der Waals surface area contributed by atoms with E-state index in [1.807, 2.05) is 4.90 Å². The van der Waals surface area contributed by atoms with Crippen LogP contribution < -0.4 is 15.2 Å². The van der Waals surface area contributed by atoms with Gasteiger partial charge in [0.1, 0.15) is 0 Å². The molecule has 2 unspecified atom stereocenters. The van der Waals surface area contributed by atoms with Gasteiger partial charge in [-0.3, -0.25) is 4.79 Å². The van der Waals surface area contributed by atoms with Crippen molar-refractivity contribution in [3.05, 3.63) is 23.8 Å². The molecule has 0 radical (unpaired) electrons. The molecule has 108 valence electrons. The first-order valence-corrected chi connectivity index (χ1v) is 7.09. The average molecular weight is 276 g/mol. The van der Waals surface area contributed by atoms with Crippen LogP contribution in [0.2, 0.25) is 0 Å². The van der Waals surface area contributed by atoms with Gasteiger partial charge in [-0.05, 0) is 37.0 Å². The van der Waals surface area contributed by atoms with Gasteiger partial charge in [0, 0.05) is 24.7 Å². The first-order valence-electron chi connectivity index (χ1n) is 7.09. The zero-order chi connectivity index (χ0) is 14.1. The summed E-state index contributed by atoms with van der Waals surface area (Å²) in [5.41, 5.74) is 6.46. The predicted octanol–water partition coefficient (Wildman–Crippen LogP) is 1.61. The highest BCUT2D eigenvalue weighted by atomic mass is 16.7. The molecule has 0 aliphatic carbocycles. The molecular formula is C15H20N2O3. The van der Waals surface area contributed by atoms with Crippen molar-refractivity contribution in [2.24, 2.45) is 11.7 Å². The van der Waals surface area contributed by atoms with E-state index in [1.54, 1.807) is 18.2 Å². The number of likely N-dealkylation sites (tertiary alicyclic amines) is 1. The van der Waals surface area contributed by atoms with E-state index in [0.29, 0.717) is 29.5 Å². The van der Waals surface area contributed by atoms with E-state index >= 15 is 0 Å². The van der Waals surface area contributed by atoms with E-state index in [0.717, 1.165) is 19.4 Å². The fourth-order valence-corrected chi connectivity index (χ4v) is 2.94. The minimum Gasteiger partial charge on any atom is -0.454 e. The predicted molar refractivity (Wildman–Crippen MR) is 74.8 cm³/mol. The number of carbonyl (C=O) groups is 1. The Bertz CT molecular complexity index is 518. The van der Waals surface area contributed by atoms with Gasteiger partial charge in [-0.2, -0.15) is 0 Å². The first kappa shape index (κ1) is 13.2. The zero-order valence-electron chi connectivity index (χ0n) is 11.7. The molecule has 1 fully saturated rings. The molecule has 2 aliphatic rings. The summed E-state index contributed by atoms with van der Waals surface area (Å²) in [5, 5.41) is 0. The maximum absolute atomic E-state index is 12.6. The summed E-state index contributed by atoms with van der Waals surface area (Å²) in [6.45, 7) is 3.72. The maximum Gasteiger partial charge on any atom is 0.254 e. The van der Waals surface area contributed by atoms with Crippen LogP contribution in [0.3, 0.4) is 0 Å². The first-order chi connectivity index (χ1) is 9.69. The molecule has 2 N–H and O–H groups in total. The highest BCUT2D eigenvalue weighted by Gasteiger charge is 2.30. The van der Waals surface area contributed by atoms with Crippen molar-refractivity contribution < 1.29 is 14.3 Å². The van der Waals surface area contributed by atoms with Crippen molar-refractivity contribution in [1.82, 2.24) is 4.90 Å². The van der Waals surface area contributed by atoms with Crippen LogP contribution in [0.15, 0.2) is 18.2 Å². The number of benzene rings is 1. The lowest BCUT2D eigenvalue weighted by Crippen LogP contribution is -2.49. The van der Waals surface area contributed by atoms with Crippen molar-refractivity contribution in [3.63, 3.8) is 0 Å². The fourth-order valence-electron chi connectivity index (χ4n) is 2.94. The highest BCUT2D eigenvalue weighted by Crippen LogP contribution is 2.33. The van der Waals surface area contributed by atoms with E-state index in [4.69, 9.17) is 15.2 Å². The quantitative estimate of drug-likeness (QED) is 0.891. The van der Waals surface area contributed by atoms with Gasteiger partial charge in [-0.25, -0.2) is 0 Å². The molecule has 3 rings (SSSR count). The Morgan fingerprint density at radius 1 is 1.40 bits per heavy atom. The van der Waals surface area contributed by atoms with Gasteiger partial charge in [0.25, 0.3) is 5.91 Å². The van der Waals surface area contributed by atoms with Gasteiger partial charge in [0.05, 0.1) is 0 Å². The van der Waals surface area contributed by atoms with Crippen molar-refractivity contribution in [2.45, 2.75) is 25.8 Å². The second-order valence-electron chi connectivity index (χ2n) is 5.59. The van der Waals surface area contributed by atoms with Crippen LogP contribution in [0.4, 0.5) is 0 Å². The molecule has 1 aromatic carbocycles. The van der Waals surface area contributed by atoms with Crippen LogP contribution in [0.1, 0.15) is 30.1 Å². The zero-order valence-corrected chi connectivity index (χ0v) is 11.7. The minimum absolute atomic E-state index is 0.0330. The van der Waals surface area contributed by atoms with Gasteiger partial charge >= 0.3 is 0 Å². The molecule has 5 nitrogen and oxygen atoms in total. The molecular weight excluding hydrogens is 256 g/mol. The van der Waals surface area contributed by atoms with Crippen LogP contribution >= 0.6 is 0 Å². The summed E-state index contributed by atoms with van der Waals surface area (Å²) in [6, 6.07) is 5.48. The number of nitrogens with zero attached hydrogens (tertiary/aromatic N) is 1. The molecule has 0 spiro atoms. The van der Waals surface area contributed by atoms with Crippen LogP contribution in [0, 0.1) is 5.92 Å². The molecule has 0 bridgehead atoms. The number of ether oxygens (including phenoxy) is 2. The summed E-state index contributed by atoms with van der Waals surface area (Å²) in [4.78, 5) is 14.5. The number of carbonyl (C=O) groups excluding carboxylic acids is 1. The Balaban J connectivity index is 1.81. The van der Waals surface area contributed by atoms with Crippen molar-refractivity contribution in [2.75, 3.05) is 19.9 Å². The van der Waals surface area contributed by atoms with Gasteiger partial charge in [0.2, 0.25) is 6.79 Å². The van der Waals surface area contributed by atoms with Gasteiger partial charge in [-0.15, -0.1) is 0 Å². The second kappa shape index (κ2) is 5.32. The lowest BCUT2D eigenvalue weighted by atomic mass is 9.92. The maximum atomic E-state index is 12.6. The van der Waals surface area contributed by atoms with Crippen molar-refractivity contribution >= 4 is 5.91 Å². The Kier molecular flexibility index (Phi) is 3.53. The van der Waals surface area contributed by atoms with Crippen LogP contribution in [-0.2, 0) is 0 Å². The largest absolute Gasteiger partial charge is 0.454 e. The molecule has 0 aromatic heterocycles. The van der Waals surface area contributed by atoms with E-state index in [-0.39, 0.29) is 18.7 Å². The number of piperidine rings is 1. The van der Waals surface area contributed by atoms with Crippen LogP contribution in [0.25, 0.3) is 0 Å². The number of nitrogens with two attached hydrogens (primary N) is 1. The average Bonchev–Trinajstić information content (AvgIpc) is 2.93. The van der Waals surface area contributed by atoms with E-state index < -0.39 is 0 Å². The molecule has 5 heteroatoms. The van der Waals surface area contributed by atoms with Gasteiger partial charge in [-0.1, -0.05) is 6.92 Å². The summed E-state index contributed by atoms with van der Waals surface area (Å²) in [7, 11) is 0. The Hall–Kier alpha value is -1.75. The van der Waals surface area contributed by atoms with E-state index in [9.17, 15) is 4.79 Å². The molecule has 1 saturated heterocycles. The highest BCUT2D eigenvalue weighted by molar-refractivity contribution is 5.95. The number of hydrogen-bond donors (Lipinski definition) is 1. The monoisotopic (exact) mass is 276 g/mol. The van der Waals surface area contributed by atoms with E-state index in [1.165, 1.54) is 0 Å². The standard InChI is InChI=1S/C15H20N2O3/c1-10-4-5-17(12(6-10)8-16)15(18)11-2-3-13-14(7-11)20-9-19-13/h2-3,7,10,12H,4-6,8-9,16H2,1H3. The van der Waals surface area contributed by atoms with Crippen LogP contribution in [0.5, 0.6) is 11.5 Å². The Morgan fingerprint density at radius 2 is 2.20 bits per heavy atom. The number of amides is 1. The second-order valence-corrected chi connectivity index (χ2v) is 5.59. The summed E-state index contributed by atoms with van der Waals surface area (Å²) >= 11 is 0. The SMILES string of the molecule is CC1CCN(C(=O)c2ccc3c(c2)OCO3)C(CN)C1. The lowest BCUT2D eigenvalue weighted by Gasteiger charge is -2.38. The number of rotatable bonds is 2. The minimum atomic E-state index is 0.0330. The fraction of sp³-hybridized carbons (Fsp3) is 0.533. The third kappa shape index (κ3) is 2.33. The van der Waals surface area contributed by atoms with Crippen LogP contribution in [-0.4, -0.2) is 36.7 Å². The Morgan fingerprint density at radius 3 is 3.00 bits per heavy atom. The lowest BCUT2D eigenvalue weighted by molar-refractivity contribution is 0.0573. The van der Waals surface area contributed by atoms with Crippen molar-refractivity contribution in [3.8, 4) is 11.5 Å². The van der Waals surface area contributed by atoms with Gasteiger partial charge in [0.15, 0.2) is 11.5 Å². The van der Waals surface area contributed by atoms with Gasteiger partial charge < -0.3 is 20.1 Å². The number of fused-ring (bicyclic) bond motifs is 1. The summed E-state index contributed by atoms with van der Waals surface area (Å²) in [6.07, 6.45) is 2.01. The van der Waals surface area contributed by atoms with E-state index in [2.05, 4.69) is 6.92 Å². The third-order valence-electron chi connectivity index (χ3n) is 4.13. The molecule has 1 amide bonds. The smallest absolute Gasteiger partial charge is 0.254 e. The molecule has 2 heterocycles. The molecule has 20 heavy (non-hydrogen) atoms. The summed E-state index contributed by atoms with van der Waals surface area (Å²) < 4.78 is 10.6. The normalized spacial score (nSPS) is 24.8. The van der Waals surface area contributed by atoms with Crippen molar-refractivity contribution in [1.29, 1.82) is 0 Å². The number of hydrogen-bond acceptors (Lipinski definition) is 4. The third-order valence-corrected chi connectivity index (χ3v) is 4.13. The molecule has 1 aromatic rings.